The van der Waals surface area contributed by atoms with Crippen LogP contribution < -0.4 is 5.32 Å². The first kappa shape index (κ1) is 15.9. The van der Waals surface area contributed by atoms with E-state index in [0.29, 0.717) is 0 Å². The van der Waals surface area contributed by atoms with Crippen LogP contribution in [0.5, 0.6) is 0 Å². The maximum absolute atomic E-state index is 12.4. The highest BCUT2D eigenvalue weighted by molar-refractivity contribution is 8.02. The number of thiazole rings is 1. The molecule has 1 unspecified atom stereocenters. The average Bonchev–Trinajstić information content (AvgIpc) is 3.01. The number of benzene rings is 1. The van der Waals surface area contributed by atoms with E-state index in [4.69, 9.17) is 5.11 Å². The van der Waals surface area contributed by atoms with E-state index in [1.807, 2.05) is 30.3 Å². The van der Waals surface area contributed by atoms with Crippen LogP contribution >= 0.6 is 23.1 Å². The van der Waals surface area contributed by atoms with Gasteiger partial charge in [-0.25, -0.2) is 4.98 Å². The number of pyridine rings is 1. The Hall–Kier alpha value is -1.96. The Balaban J connectivity index is 1.87. The van der Waals surface area contributed by atoms with Crippen molar-refractivity contribution in [3.05, 3.63) is 54.4 Å². The smallest absolute Gasteiger partial charge is 0.238 e. The lowest BCUT2D eigenvalue weighted by molar-refractivity contribution is -0.120. The highest BCUT2D eigenvalue weighted by Gasteiger charge is 2.23. The summed E-state index contributed by atoms with van der Waals surface area (Å²) in [5, 5.41) is 11.2. The zero-order chi connectivity index (χ0) is 16.1. The molecule has 0 spiro atoms. The summed E-state index contributed by atoms with van der Waals surface area (Å²) in [6.07, 6.45) is 3.36. The molecule has 3 rings (SSSR count). The zero-order valence-corrected chi connectivity index (χ0v) is 13.8. The van der Waals surface area contributed by atoms with Crippen LogP contribution in [0.1, 0.15) is 10.8 Å². The lowest BCUT2D eigenvalue weighted by atomic mass is 10.2. The standard InChI is InChI=1S/C16H15N3O2S2/c20-9-8-18-15(21)14(11-4-3-7-17-10-11)23-16-19-12-5-1-2-6-13(12)22-16/h1-7,10,14,20H,8-9H2,(H,18,21). The van der Waals surface area contributed by atoms with Crippen molar-refractivity contribution in [1.29, 1.82) is 0 Å². The molecule has 1 amide bonds. The third kappa shape index (κ3) is 3.87. The Morgan fingerprint density at radius 2 is 2.17 bits per heavy atom. The summed E-state index contributed by atoms with van der Waals surface area (Å²) in [7, 11) is 0. The first-order chi connectivity index (χ1) is 11.3. The summed E-state index contributed by atoms with van der Waals surface area (Å²) in [5.74, 6) is -0.156. The van der Waals surface area contributed by atoms with Crippen LogP contribution in [0.2, 0.25) is 0 Å². The predicted molar refractivity (Wildman–Crippen MR) is 92.6 cm³/mol. The van der Waals surface area contributed by atoms with E-state index in [2.05, 4.69) is 15.3 Å². The van der Waals surface area contributed by atoms with E-state index in [1.165, 1.54) is 11.8 Å². The van der Waals surface area contributed by atoms with Crippen LogP contribution in [0.25, 0.3) is 10.2 Å². The number of carbonyl (C=O) groups excluding carboxylic acids is 1. The van der Waals surface area contributed by atoms with Gasteiger partial charge in [0, 0.05) is 18.9 Å². The summed E-state index contributed by atoms with van der Waals surface area (Å²) >= 11 is 2.96. The SMILES string of the molecule is O=C(NCCO)C(Sc1nc2ccccc2s1)c1cccnc1. The van der Waals surface area contributed by atoms with Crippen molar-refractivity contribution >= 4 is 39.2 Å². The fourth-order valence-corrected chi connectivity index (χ4v) is 4.34. The monoisotopic (exact) mass is 345 g/mol. The molecule has 1 atom stereocenters. The Kier molecular flexibility index (Phi) is 5.22. The molecule has 0 aliphatic carbocycles. The molecule has 0 radical (unpaired) electrons. The van der Waals surface area contributed by atoms with Gasteiger partial charge in [0.25, 0.3) is 0 Å². The Bertz CT molecular complexity index is 759. The van der Waals surface area contributed by atoms with Crippen LogP contribution in [0.4, 0.5) is 0 Å². The number of nitrogens with zero attached hydrogens (tertiary/aromatic N) is 2. The Morgan fingerprint density at radius 1 is 1.30 bits per heavy atom. The summed E-state index contributed by atoms with van der Waals surface area (Å²) in [4.78, 5) is 21.1. The number of rotatable bonds is 6. The normalized spacial score (nSPS) is 12.2. The van der Waals surface area contributed by atoms with Crippen molar-refractivity contribution in [3.8, 4) is 0 Å². The third-order valence-corrected chi connectivity index (χ3v) is 5.51. The fourth-order valence-electron chi connectivity index (χ4n) is 2.08. The van der Waals surface area contributed by atoms with Gasteiger partial charge in [-0.2, -0.15) is 0 Å². The van der Waals surface area contributed by atoms with Crippen molar-refractivity contribution in [2.24, 2.45) is 0 Å². The number of thioether (sulfide) groups is 1. The molecular weight excluding hydrogens is 330 g/mol. The van der Waals surface area contributed by atoms with E-state index >= 15 is 0 Å². The molecular formula is C16H15N3O2S2. The van der Waals surface area contributed by atoms with Gasteiger partial charge in [0.15, 0.2) is 4.34 Å². The number of aliphatic hydroxyl groups excluding tert-OH is 1. The van der Waals surface area contributed by atoms with Crippen LogP contribution in [0.15, 0.2) is 53.1 Å². The van der Waals surface area contributed by atoms with Crippen molar-refractivity contribution in [1.82, 2.24) is 15.3 Å². The highest BCUT2D eigenvalue weighted by Crippen LogP contribution is 2.39. The van der Waals surface area contributed by atoms with E-state index in [1.54, 1.807) is 29.8 Å². The second kappa shape index (κ2) is 7.54. The minimum absolute atomic E-state index is 0.0860. The van der Waals surface area contributed by atoms with Gasteiger partial charge in [-0.1, -0.05) is 30.0 Å². The quantitative estimate of drug-likeness (QED) is 0.672. The topological polar surface area (TPSA) is 75.1 Å². The highest BCUT2D eigenvalue weighted by atomic mass is 32.2. The van der Waals surface area contributed by atoms with Crippen molar-refractivity contribution in [2.45, 2.75) is 9.59 Å². The lowest BCUT2D eigenvalue weighted by Crippen LogP contribution is -2.30. The molecule has 5 nitrogen and oxygen atoms in total. The van der Waals surface area contributed by atoms with E-state index in [0.717, 1.165) is 20.1 Å². The van der Waals surface area contributed by atoms with E-state index in [-0.39, 0.29) is 19.1 Å². The molecule has 23 heavy (non-hydrogen) atoms. The molecule has 0 bridgehead atoms. The number of hydrogen-bond acceptors (Lipinski definition) is 6. The minimum Gasteiger partial charge on any atom is -0.395 e. The number of hydrogen-bond donors (Lipinski definition) is 2. The van der Waals surface area contributed by atoms with Gasteiger partial charge in [0.05, 0.1) is 16.8 Å². The number of aliphatic hydroxyl groups is 1. The van der Waals surface area contributed by atoms with Crippen LogP contribution in [0, 0.1) is 0 Å². The van der Waals surface area contributed by atoms with Crippen molar-refractivity contribution < 1.29 is 9.90 Å². The molecule has 1 aromatic carbocycles. The van der Waals surface area contributed by atoms with E-state index < -0.39 is 5.25 Å². The molecule has 2 N–H and O–H groups in total. The molecule has 0 aliphatic rings. The minimum atomic E-state index is -0.448. The summed E-state index contributed by atoms with van der Waals surface area (Å²) in [5.41, 5.74) is 1.74. The first-order valence-corrected chi connectivity index (χ1v) is 8.78. The van der Waals surface area contributed by atoms with Crippen LogP contribution in [-0.2, 0) is 4.79 Å². The molecule has 0 saturated carbocycles. The van der Waals surface area contributed by atoms with Gasteiger partial charge < -0.3 is 10.4 Å². The average molecular weight is 345 g/mol. The van der Waals surface area contributed by atoms with Crippen LogP contribution in [-0.4, -0.2) is 34.1 Å². The Morgan fingerprint density at radius 3 is 2.91 bits per heavy atom. The second-order valence-corrected chi connectivity index (χ2v) is 7.13. The Labute approximate surface area is 141 Å². The summed E-state index contributed by atoms with van der Waals surface area (Å²) in [6, 6.07) is 11.6. The molecule has 0 fully saturated rings. The van der Waals surface area contributed by atoms with Gasteiger partial charge in [0.1, 0.15) is 5.25 Å². The van der Waals surface area contributed by atoms with Gasteiger partial charge >= 0.3 is 0 Å². The molecule has 2 heterocycles. The number of fused-ring (bicyclic) bond motifs is 1. The maximum atomic E-state index is 12.4. The maximum Gasteiger partial charge on any atom is 0.238 e. The summed E-state index contributed by atoms with van der Waals surface area (Å²) < 4.78 is 1.93. The molecule has 0 aliphatic heterocycles. The van der Waals surface area contributed by atoms with Gasteiger partial charge in [-0.05, 0) is 23.8 Å². The third-order valence-electron chi connectivity index (χ3n) is 3.13. The first-order valence-electron chi connectivity index (χ1n) is 7.08. The zero-order valence-electron chi connectivity index (χ0n) is 12.2. The number of para-hydroxylation sites is 1. The predicted octanol–water partition coefficient (Wildman–Crippen LogP) is 2.63. The number of carbonyl (C=O) groups is 1. The molecule has 118 valence electrons. The van der Waals surface area contributed by atoms with Gasteiger partial charge in [-0.15, -0.1) is 11.3 Å². The fraction of sp³-hybridized carbons (Fsp3) is 0.188. The largest absolute Gasteiger partial charge is 0.395 e. The van der Waals surface area contributed by atoms with Gasteiger partial charge in [-0.3, -0.25) is 9.78 Å². The molecule has 7 heteroatoms. The lowest BCUT2D eigenvalue weighted by Gasteiger charge is -2.14. The number of amides is 1. The molecule has 3 aromatic rings. The van der Waals surface area contributed by atoms with Crippen molar-refractivity contribution in [2.75, 3.05) is 13.2 Å². The number of aromatic nitrogens is 2. The van der Waals surface area contributed by atoms with E-state index in [9.17, 15) is 4.79 Å². The summed E-state index contributed by atoms with van der Waals surface area (Å²) in [6.45, 7) is 0.146. The number of nitrogens with one attached hydrogen (secondary N) is 1. The second-order valence-electron chi connectivity index (χ2n) is 4.75. The molecule has 0 saturated heterocycles. The van der Waals surface area contributed by atoms with Gasteiger partial charge in [0.2, 0.25) is 5.91 Å². The van der Waals surface area contributed by atoms with Crippen LogP contribution in [0.3, 0.4) is 0 Å². The molecule has 2 aromatic heterocycles. The van der Waals surface area contributed by atoms with Crippen molar-refractivity contribution in [3.63, 3.8) is 0 Å².